The van der Waals surface area contributed by atoms with E-state index in [0.29, 0.717) is 23.1 Å². The molecule has 0 aliphatic heterocycles. The van der Waals surface area contributed by atoms with Crippen LogP contribution < -0.4 is 19.5 Å². The number of methoxy groups -OCH3 is 3. The fraction of sp³-hybridized carbons (Fsp3) is 0.130. The molecule has 0 spiro atoms. The molecule has 6 heteroatoms. The van der Waals surface area contributed by atoms with Crippen molar-refractivity contribution in [2.75, 3.05) is 26.6 Å². The first-order valence-corrected chi connectivity index (χ1v) is 9.12. The second-order valence-corrected chi connectivity index (χ2v) is 6.34. The number of fused-ring (bicyclic) bond motifs is 1. The van der Waals surface area contributed by atoms with Crippen LogP contribution in [0.5, 0.6) is 17.2 Å². The van der Waals surface area contributed by atoms with E-state index in [1.54, 1.807) is 21.3 Å². The molecule has 0 saturated heterocycles. The molecule has 4 aromatic rings. The maximum Gasteiger partial charge on any atom is 0.162 e. The Bertz CT molecular complexity index is 1160. The predicted molar refractivity (Wildman–Crippen MR) is 114 cm³/mol. The van der Waals surface area contributed by atoms with E-state index in [1.807, 2.05) is 66.7 Å². The van der Waals surface area contributed by atoms with Crippen LogP contribution in [0.1, 0.15) is 0 Å². The normalized spacial score (nSPS) is 10.6. The SMILES string of the molecule is COc1cccc(-c2nc(Nc3ccc(OC)c(OC)c3)c3ccccc3n2)c1. The van der Waals surface area contributed by atoms with Crippen LogP contribution in [0, 0.1) is 0 Å². The van der Waals surface area contributed by atoms with Gasteiger partial charge in [-0.1, -0.05) is 24.3 Å². The van der Waals surface area contributed by atoms with E-state index < -0.39 is 0 Å². The Morgan fingerprint density at radius 2 is 1.55 bits per heavy atom. The number of nitrogens with one attached hydrogen (secondary N) is 1. The number of aromatic nitrogens is 2. The molecular formula is C23H21N3O3. The Balaban J connectivity index is 1.81. The molecule has 1 heterocycles. The topological polar surface area (TPSA) is 65.5 Å². The molecule has 29 heavy (non-hydrogen) atoms. The summed E-state index contributed by atoms with van der Waals surface area (Å²) in [6.45, 7) is 0. The fourth-order valence-corrected chi connectivity index (χ4v) is 3.11. The van der Waals surface area contributed by atoms with E-state index in [0.717, 1.165) is 27.9 Å². The van der Waals surface area contributed by atoms with Crippen molar-refractivity contribution in [2.45, 2.75) is 0 Å². The zero-order valence-corrected chi connectivity index (χ0v) is 16.5. The van der Waals surface area contributed by atoms with Crippen LogP contribution in [-0.2, 0) is 0 Å². The maximum absolute atomic E-state index is 5.41. The van der Waals surface area contributed by atoms with Gasteiger partial charge in [-0.3, -0.25) is 0 Å². The summed E-state index contributed by atoms with van der Waals surface area (Å²) < 4.78 is 16.1. The van der Waals surface area contributed by atoms with E-state index in [9.17, 15) is 0 Å². The molecular weight excluding hydrogens is 366 g/mol. The van der Waals surface area contributed by atoms with Gasteiger partial charge in [-0.25, -0.2) is 9.97 Å². The largest absolute Gasteiger partial charge is 0.497 e. The quantitative estimate of drug-likeness (QED) is 0.498. The fourth-order valence-electron chi connectivity index (χ4n) is 3.11. The van der Waals surface area contributed by atoms with Gasteiger partial charge in [0.2, 0.25) is 0 Å². The Hall–Kier alpha value is -3.80. The van der Waals surface area contributed by atoms with Crippen molar-refractivity contribution in [1.82, 2.24) is 9.97 Å². The maximum atomic E-state index is 5.41. The number of nitrogens with zero attached hydrogens (tertiary/aromatic N) is 2. The summed E-state index contributed by atoms with van der Waals surface area (Å²) in [4.78, 5) is 9.52. The molecule has 0 amide bonds. The van der Waals surface area contributed by atoms with Gasteiger partial charge in [0.05, 0.1) is 26.8 Å². The van der Waals surface area contributed by atoms with Gasteiger partial charge >= 0.3 is 0 Å². The monoisotopic (exact) mass is 387 g/mol. The average molecular weight is 387 g/mol. The highest BCUT2D eigenvalue weighted by Crippen LogP contribution is 2.33. The third-order valence-electron chi connectivity index (χ3n) is 4.58. The first-order chi connectivity index (χ1) is 14.2. The molecule has 4 rings (SSSR count). The second kappa shape index (κ2) is 8.06. The van der Waals surface area contributed by atoms with Crippen molar-refractivity contribution >= 4 is 22.4 Å². The summed E-state index contributed by atoms with van der Waals surface area (Å²) in [6.07, 6.45) is 0. The van der Waals surface area contributed by atoms with Crippen LogP contribution >= 0.6 is 0 Å². The number of hydrogen-bond acceptors (Lipinski definition) is 6. The number of benzene rings is 3. The zero-order chi connectivity index (χ0) is 20.2. The van der Waals surface area contributed by atoms with Crippen LogP contribution in [0.15, 0.2) is 66.7 Å². The minimum Gasteiger partial charge on any atom is -0.497 e. The van der Waals surface area contributed by atoms with E-state index >= 15 is 0 Å². The van der Waals surface area contributed by atoms with Crippen LogP contribution in [0.25, 0.3) is 22.3 Å². The first-order valence-electron chi connectivity index (χ1n) is 9.12. The van der Waals surface area contributed by atoms with Gasteiger partial charge in [-0.15, -0.1) is 0 Å². The van der Waals surface area contributed by atoms with Gasteiger partial charge in [-0.05, 0) is 36.4 Å². The summed E-state index contributed by atoms with van der Waals surface area (Å²) in [5.41, 5.74) is 2.57. The highest BCUT2D eigenvalue weighted by Gasteiger charge is 2.12. The van der Waals surface area contributed by atoms with Gasteiger partial charge in [0.15, 0.2) is 17.3 Å². The Kier molecular flexibility index (Phi) is 5.16. The highest BCUT2D eigenvalue weighted by molar-refractivity contribution is 5.92. The minimum atomic E-state index is 0.616. The summed E-state index contributed by atoms with van der Waals surface area (Å²) in [5.74, 6) is 3.39. The molecule has 0 atom stereocenters. The highest BCUT2D eigenvalue weighted by atomic mass is 16.5. The first kappa shape index (κ1) is 18.6. The van der Waals surface area contributed by atoms with Gasteiger partial charge in [0.1, 0.15) is 11.6 Å². The summed E-state index contributed by atoms with van der Waals surface area (Å²) in [6, 6.07) is 21.3. The number of anilines is 2. The molecule has 0 aliphatic rings. The van der Waals surface area contributed by atoms with E-state index in [1.165, 1.54) is 0 Å². The van der Waals surface area contributed by atoms with Gasteiger partial charge in [-0.2, -0.15) is 0 Å². The summed E-state index contributed by atoms with van der Waals surface area (Å²) >= 11 is 0. The lowest BCUT2D eigenvalue weighted by Crippen LogP contribution is -2.00. The molecule has 0 saturated carbocycles. The Morgan fingerprint density at radius 3 is 2.34 bits per heavy atom. The van der Waals surface area contributed by atoms with E-state index in [4.69, 9.17) is 24.2 Å². The molecule has 0 fully saturated rings. The Labute approximate surface area is 169 Å². The number of hydrogen-bond donors (Lipinski definition) is 1. The van der Waals surface area contributed by atoms with Gasteiger partial charge in [0.25, 0.3) is 0 Å². The lowest BCUT2D eigenvalue weighted by Gasteiger charge is -2.13. The third kappa shape index (κ3) is 3.78. The molecule has 1 N–H and O–H groups in total. The molecule has 1 aromatic heterocycles. The molecule has 0 bridgehead atoms. The second-order valence-electron chi connectivity index (χ2n) is 6.34. The Morgan fingerprint density at radius 1 is 0.724 bits per heavy atom. The van der Waals surface area contributed by atoms with Crippen molar-refractivity contribution in [2.24, 2.45) is 0 Å². The van der Waals surface area contributed by atoms with Crippen molar-refractivity contribution in [3.05, 3.63) is 66.7 Å². The van der Waals surface area contributed by atoms with Crippen molar-refractivity contribution in [3.63, 3.8) is 0 Å². The number of ether oxygens (including phenoxy) is 3. The summed E-state index contributed by atoms with van der Waals surface area (Å²) in [5, 5.41) is 4.32. The van der Waals surface area contributed by atoms with Crippen molar-refractivity contribution in [3.8, 4) is 28.6 Å². The van der Waals surface area contributed by atoms with Crippen LogP contribution in [0.2, 0.25) is 0 Å². The minimum absolute atomic E-state index is 0.616. The van der Waals surface area contributed by atoms with Gasteiger partial charge in [0, 0.05) is 22.7 Å². The molecule has 0 aliphatic carbocycles. The number of para-hydroxylation sites is 1. The van der Waals surface area contributed by atoms with Crippen LogP contribution in [0.3, 0.4) is 0 Å². The van der Waals surface area contributed by atoms with E-state index in [2.05, 4.69) is 5.32 Å². The van der Waals surface area contributed by atoms with Gasteiger partial charge < -0.3 is 19.5 Å². The molecule has 6 nitrogen and oxygen atoms in total. The van der Waals surface area contributed by atoms with Crippen LogP contribution in [-0.4, -0.2) is 31.3 Å². The van der Waals surface area contributed by atoms with Crippen LogP contribution in [0.4, 0.5) is 11.5 Å². The molecule has 0 unspecified atom stereocenters. The predicted octanol–water partition coefficient (Wildman–Crippen LogP) is 5.07. The average Bonchev–Trinajstić information content (AvgIpc) is 2.79. The standard InChI is InChI=1S/C23H21N3O3/c1-27-17-8-6-7-15(13-17)22-25-19-10-5-4-9-18(19)23(26-22)24-16-11-12-20(28-2)21(14-16)29-3/h4-14H,1-3H3,(H,24,25,26). The molecule has 146 valence electrons. The summed E-state index contributed by atoms with van der Waals surface area (Å²) in [7, 11) is 4.87. The third-order valence-corrected chi connectivity index (χ3v) is 4.58. The lowest BCUT2D eigenvalue weighted by atomic mass is 10.1. The molecule has 3 aromatic carbocycles. The number of rotatable bonds is 6. The van der Waals surface area contributed by atoms with Crippen molar-refractivity contribution < 1.29 is 14.2 Å². The van der Waals surface area contributed by atoms with E-state index in [-0.39, 0.29) is 0 Å². The molecule has 0 radical (unpaired) electrons. The zero-order valence-electron chi connectivity index (χ0n) is 16.5. The van der Waals surface area contributed by atoms with Crippen molar-refractivity contribution in [1.29, 1.82) is 0 Å². The lowest BCUT2D eigenvalue weighted by molar-refractivity contribution is 0.355. The smallest absolute Gasteiger partial charge is 0.162 e.